The van der Waals surface area contributed by atoms with E-state index >= 15 is 0 Å². The Labute approximate surface area is 126 Å². The molecule has 0 fully saturated rings. The molecule has 1 rings (SSSR count). The second kappa shape index (κ2) is 8.64. The van der Waals surface area contributed by atoms with Crippen molar-refractivity contribution in [2.24, 2.45) is 0 Å². The maximum atomic E-state index is 11.5. The molecule has 5 heteroatoms. The summed E-state index contributed by atoms with van der Waals surface area (Å²) in [5.41, 5.74) is 2.16. The smallest absolute Gasteiger partial charge is 0.236 e. The fourth-order valence-corrected chi connectivity index (χ4v) is 1.84. The SMILES string of the molecule is CCNC(=O)C(C)NCC(O)COc1cc(C)ccc1C. The van der Waals surface area contributed by atoms with Crippen LogP contribution in [0, 0.1) is 13.8 Å². The summed E-state index contributed by atoms with van der Waals surface area (Å²) in [7, 11) is 0. The Bertz CT molecular complexity index is 463. The predicted octanol–water partition coefficient (Wildman–Crippen LogP) is 1.16. The highest BCUT2D eigenvalue weighted by Crippen LogP contribution is 2.19. The zero-order chi connectivity index (χ0) is 15.8. The number of hydrogen-bond donors (Lipinski definition) is 3. The maximum Gasteiger partial charge on any atom is 0.236 e. The van der Waals surface area contributed by atoms with E-state index in [2.05, 4.69) is 10.6 Å². The summed E-state index contributed by atoms with van der Waals surface area (Å²) < 4.78 is 5.63. The molecule has 1 amide bonds. The van der Waals surface area contributed by atoms with Gasteiger partial charge in [-0.3, -0.25) is 4.79 Å². The first-order valence-electron chi connectivity index (χ1n) is 7.33. The van der Waals surface area contributed by atoms with E-state index in [0.29, 0.717) is 13.1 Å². The number of aryl methyl sites for hydroxylation is 2. The highest BCUT2D eigenvalue weighted by atomic mass is 16.5. The molecule has 0 heterocycles. The summed E-state index contributed by atoms with van der Waals surface area (Å²) in [4.78, 5) is 11.5. The number of likely N-dealkylation sites (N-methyl/N-ethyl adjacent to an activating group) is 1. The third-order valence-electron chi connectivity index (χ3n) is 3.18. The Morgan fingerprint density at radius 2 is 2.10 bits per heavy atom. The minimum atomic E-state index is -0.665. The number of carbonyl (C=O) groups is 1. The van der Waals surface area contributed by atoms with Gasteiger partial charge in [-0.25, -0.2) is 0 Å². The van der Waals surface area contributed by atoms with E-state index in [4.69, 9.17) is 4.74 Å². The summed E-state index contributed by atoms with van der Waals surface area (Å²) in [5.74, 6) is 0.714. The quantitative estimate of drug-likeness (QED) is 0.673. The lowest BCUT2D eigenvalue weighted by Crippen LogP contribution is -2.45. The van der Waals surface area contributed by atoms with Gasteiger partial charge in [0.05, 0.1) is 6.04 Å². The number of rotatable bonds is 8. The third-order valence-corrected chi connectivity index (χ3v) is 3.18. The van der Waals surface area contributed by atoms with Crippen molar-refractivity contribution in [3.05, 3.63) is 29.3 Å². The number of amides is 1. The average Bonchev–Trinajstić information content (AvgIpc) is 2.45. The van der Waals surface area contributed by atoms with Gasteiger partial charge in [0.1, 0.15) is 18.5 Å². The summed E-state index contributed by atoms with van der Waals surface area (Å²) >= 11 is 0. The highest BCUT2D eigenvalue weighted by molar-refractivity contribution is 5.81. The summed E-state index contributed by atoms with van der Waals surface area (Å²) in [5, 5.41) is 15.6. The molecular weight excluding hydrogens is 268 g/mol. The first-order valence-corrected chi connectivity index (χ1v) is 7.33. The molecule has 2 unspecified atom stereocenters. The highest BCUT2D eigenvalue weighted by Gasteiger charge is 2.13. The lowest BCUT2D eigenvalue weighted by molar-refractivity contribution is -0.122. The van der Waals surface area contributed by atoms with Crippen LogP contribution < -0.4 is 15.4 Å². The van der Waals surface area contributed by atoms with Crippen molar-refractivity contribution in [1.82, 2.24) is 10.6 Å². The van der Waals surface area contributed by atoms with E-state index in [0.717, 1.165) is 16.9 Å². The molecule has 0 aliphatic rings. The molecule has 118 valence electrons. The third kappa shape index (κ3) is 6.14. The molecular formula is C16H26N2O3. The van der Waals surface area contributed by atoms with Crippen LogP contribution >= 0.6 is 0 Å². The Morgan fingerprint density at radius 3 is 2.76 bits per heavy atom. The number of ether oxygens (including phenoxy) is 1. The topological polar surface area (TPSA) is 70.6 Å². The predicted molar refractivity (Wildman–Crippen MR) is 83.6 cm³/mol. The first kappa shape index (κ1) is 17.5. The number of aliphatic hydroxyl groups excluding tert-OH is 1. The van der Waals surface area contributed by atoms with Crippen molar-refractivity contribution < 1.29 is 14.6 Å². The number of carbonyl (C=O) groups excluding carboxylic acids is 1. The normalized spacial score (nSPS) is 13.6. The number of hydrogen-bond acceptors (Lipinski definition) is 4. The van der Waals surface area contributed by atoms with Gasteiger partial charge in [0.25, 0.3) is 0 Å². The molecule has 0 aromatic heterocycles. The van der Waals surface area contributed by atoms with Gasteiger partial charge in [0.15, 0.2) is 0 Å². The molecule has 1 aromatic rings. The van der Waals surface area contributed by atoms with Crippen LogP contribution in [-0.4, -0.2) is 42.9 Å². The van der Waals surface area contributed by atoms with Crippen LogP contribution in [0.15, 0.2) is 18.2 Å². The molecule has 0 aliphatic heterocycles. The van der Waals surface area contributed by atoms with Crippen LogP contribution in [0.3, 0.4) is 0 Å². The maximum absolute atomic E-state index is 11.5. The summed E-state index contributed by atoms with van der Waals surface area (Å²) in [6.07, 6.45) is -0.665. The van der Waals surface area contributed by atoms with Crippen molar-refractivity contribution in [2.75, 3.05) is 19.7 Å². The van der Waals surface area contributed by atoms with Crippen LogP contribution in [-0.2, 0) is 4.79 Å². The zero-order valence-corrected chi connectivity index (χ0v) is 13.3. The fraction of sp³-hybridized carbons (Fsp3) is 0.562. The van der Waals surface area contributed by atoms with Crippen LogP contribution in [0.1, 0.15) is 25.0 Å². The standard InChI is InChI=1S/C16H26N2O3/c1-5-17-16(20)13(4)18-9-14(19)10-21-15-8-11(2)6-7-12(15)3/h6-8,13-14,18-19H,5,9-10H2,1-4H3,(H,17,20). The van der Waals surface area contributed by atoms with Crippen LogP contribution in [0.25, 0.3) is 0 Å². The lowest BCUT2D eigenvalue weighted by Gasteiger charge is -2.18. The van der Waals surface area contributed by atoms with Crippen molar-refractivity contribution in [3.63, 3.8) is 0 Å². The van der Waals surface area contributed by atoms with Gasteiger partial charge in [-0.05, 0) is 44.9 Å². The Morgan fingerprint density at radius 1 is 1.38 bits per heavy atom. The van der Waals surface area contributed by atoms with E-state index in [1.165, 1.54) is 0 Å². The van der Waals surface area contributed by atoms with Gasteiger partial charge in [-0.1, -0.05) is 12.1 Å². The van der Waals surface area contributed by atoms with Crippen LogP contribution in [0.2, 0.25) is 0 Å². The second-order valence-electron chi connectivity index (χ2n) is 5.26. The van der Waals surface area contributed by atoms with Crippen molar-refractivity contribution in [1.29, 1.82) is 0 Å². The Balaban J connectivity index is 2.35. The Hall–Kier alpha value is -1.59. The molecule has 0 bridgehead atoms. The number of aliphatic hydroxyl groups is 1. The Kier molecular flexibility index (Phi) is 7.19. The van der Waals surface area contributed by atoms with Crippen LogP contribution in [0.5, 0.6) is 5.75 Å². The second-order valence-corrected chi connectivity index (χ2v) is 5.26. The van der Waals surface area contributed by atoms with E-state index in [9.17, 15) is 9.90 Å². The largest absolute Gasteiger partial charge is 0.491 e. The molecule has 0 radical (unpaired) electrons. The van der Waals surface area contributed by atoms with Gasteiger partial charge in [0.2, 0.25) is 5.91 Å². The van der Waals surface area contributed by atoms with Crippen molar-refractivity contribution >= 4 is 5.91 Å². The summed E-state index contributed by atoms with van der Waals surface area (Å²) in [6, 6.07) is 5.63. The summed E-state index contributed by atoms with van der Waals surface area (Å²) in [6.45, 7) is 8.71. The monoisotopic (exact) mass is 294 g/mol. The van der Waals surface area contributed by atoms with E-state index in [-0.39, 0.29) is 18.6 Å². The zero-order valence-electron chi connectivity index (χ0n) is 13.3. The molecule has 21 heavy (non-hydrogen) atoms. The average molecular weight is 294 g/mol. The molecule has 1 aromatic carbocycles. The van der Waals surface area contributed by atoms with Gasteiger partial charge >= 0.3 is 0 Å². The van der Waals surface area contributed by atoms with E-state index in [1.54, 1.807) is 6.92 Å². The van der Waals surface area contributed by atoms with Crippen molar-refractivity contribution in [2.45, 2.75) is 39.8 Å². The lowest BCUT2D eigenvalue weighted by atomic mass is 10.1. The number of benzene rings is 1. The van der Waals surface area contributed by atoms with Gasteiger partial charge in [-0.2, -0.15) is 0 Å². The van der Waals surface area contributed by atoms with Gasteiger partial charge in [-0.15, -0.1) is 0 Å². The minimum Gasteiger partial charge on any atom is -0.491 e. The molecule has 3 N–H and O–H groups in total. The van der Waals surface area contributed by atoms with E-state index < -0.39 is 6.10 Å². The number of nitrogens with one attached hydrogen (secondary N) is 2. The fourth-order valence-electron chi connectivity index (χ4n) is 1.84. The molecule has 2 atom stereocenters. The molecule has 0 aliphatic carbocycles. The molecule has 0 saturated carbocycles. The van der Waals surface area contributed by atoms with E-state index in [1.807, 2.05) is 39.0 Å². The molecule has 0 saturated heterocycles. The molecule has 0 spiro atoms. The van der Waals surface area contributed by atoms with Gasteiger partial charge < -0.3 is 20.5 Å². The van der Waals surface area contributed by atoms with Gasteiger partial charge in [0, 0.05) is 13.1 Å². The van der Waals surface area contributed by atoms with Crippen molar-refractivity contribution in [3.8, 4) is 5.75 Å². The first-order chi connectivity index (χ1) is 9.93. The molecule has 5 nitrogen and oxygen atoms in total. The minimum absolute atomic E-state index is 0.0693. The van der Waals surface area contributed by atoms with Crippen LogP contribution in [0.4, 0.5) is 0 Å².